The van der Waals surface area contributed by atoms with Crippen LogP contribution < -0.4 is 0 Å². The molecule has 1 unspecified atom stereocenters. The van der Waals surface area contributed by atoms with Gasteiger partial charge in [0.25, 0.3) is 0 Å². The van der Waals surface area contributed by atoms with Gasteiger partial charge in [0.15, 0.2) is 5.78 Å². The van der Waals surface area contributed by atoms with E-state index in [4.69, 9.17) is 10.2 Å². The standard InChI is InChI=1S/C24H35NO6/c1-4-5-6-13-25(15-18-7-9-19(10-8-18)24(30)31)23(29)12-11-21(27)20(14-17(2)3)22(28)16-26/h7-10,17,20,26H,4-6,11-16H2,1-3H3,(H,30,31). The largest absolute Gasteiger partial charge is 0.478 e. The minimum absolute atomic E-state index is 0.00543. The zero-order chi connectivity index (χ0) is 23.4. The molecule has 7 heteroatoms. The number of hydrogen-bond donors (Lipinski definition) is 2. The molecule has 0 heterocycles. The van der Waals surface area contributed by atoms with Crippen LogP contribution >= 0.6 is 0 Å². The van der Waals surface area contributed by atoms with Crippen molar-refractivity contribution in [2.75, 3.05) is 13.2 Å². The first-order valence-corrected chi connectivity index (χ1v) is 11.0. The molecule has 1 aromatic carbocycles. The van der Waals surface area contributed by atoms with Gasteiger partial charge in [-0.05, 0) is 36.5 Å². The fourth-order valence-corrected chi connectivity index (χ4v) is 3.40. The molecule has 0 aromatic heterocycles. The number of benzene rings is 1. The quantitative estimate of drug-likeness (QED) is 0.323. The van der Waals surface area contributed by atoms with Crippen LogP contribution in [0, 0.1) is 11.8 Å². The molecule has 1 rings (SSSR count). The van der Waals surface area contributed by atoms with Crippen LogP contribution in [-0.4, -0.2) is 51.7 Å². The Morgan fingerprint density at radius 3 is 2.13 bits per heavy atom. The summed E-state index contributed by atoms with van der Waals surface area (Å²) in [7, 11) is 0. The molecule has 0 radical (unpaired) electrons. The van der Waals surface area contributed by atoms with Crippen molar-refractivity contribution < 1.29 is 29.4 Å². The molecule has 0 saturated heterocycles. The van der Waals surface area contributed by atoms with E-state index in [0.29, 0.717) is 19.5 Å². The maximum atomic E-state index is 12.9. The molecule has 2 N–H and O–H groups in total. The van der Waals surface area contributed by atoms with Crippen molar-refractivity contribution in [3.63, 3.8) is 0 Å². The number of Topliss-reactive ketones (excluding diaryl/α,β-unsaturated/α-hetero) is 2. The summed E-state index contributed by atoms with van der Waals surface area (Å²) in [6, 6.07) is 6.39. The zero-order valence-electron chi connectivity index (χ0n) is 18.8. The maximum Gasteiger partial charge on any atom is 0.335 e. The third-order valence-electron chi connectivity index (χ3n) is 5.18. The summed E-state index contributed by atoms with van der Waals surface area (Å²) in [5.74, 6) is -2.72. The summed E-state index contributed by atoms with van der Waals surface area (Å²) in [6.45, 7) is 6.09. The molecule has 31 heavy (non-hydrogen) atoms. The number of aliphatic hydroxyl groups is 1. The number of unbranched alkanes of at least 4 members (excludes halogenated alkanes) is 2. The summed E-state index contributed by atoms with van der Waals surface area (Å²) >= 11 is 0. The predicted molar refractivity (Wildman–Crippen MR) is 118 cm³/mol. The van der Waals surface area contributed by atoms with E-state index in [2.05, 4.69) is 6.92 Å². The van der Waals surface area contributed by atoms with E-state index in [0.717, 1.165) is 24.8 Å². The van der Waals surface area contributed by atoms with Gasteiger partial charge >= 0.3 is 5.97 Å². The van der Waals surface area contributed by atoms with Crippen LogP contribution in [0.25, 0.3) is 0 Å². The fraction of sp³-hybridized carbons (Fsp3) is 0.583. The van der Waals surface area contributed by atoms with Crippen LogP contribution in [0.15, 0.2) is 24.3 Å². The Morgan fingerprint density at radius 1 is 0.968 bits per heavy atom. The highest BCUT2D eigenvalue weighted by Crippen LogP contribution is 2.18. The lowest BCUT2D eigenvalue weighted by Gasteiger charge is -2.23. The second-order valence-electron chi connectivity index (χ2n) is 8.30. The van der Waals surface area contributed by atoms with Crippen LogP contribution in [0.3, 0.4) is 0 Å². The van der Waals surface area contributed by atoms with Gasteiger partial charge in [-0.2, -0.15) is 0 Å². The van der Waals surface area contributed by atoms with E-state index >= 15 is 0 Å². The van der Waals surface area contributed by atoms with Gasteiger partial charge in [0, 0.05) is 25.9 Å². The molecule has 1 aromatic rings. The lowest BCUT2D eigenvalue weighted by Crippen LogP contribution is -2.33. The normalized spacial score (nSPS) is 11.9. The van der Waals surface area contributed by atoms with Crippen LogP contribution in [0.1, 0.15) is 75.2 Å². The number of carbonyl (C=O) groups is 4. The minimum atomic E-state index is -1.01. The van der Waals surface area contributed by atoms with Crippen molar-refractivity contribution in [3.05, 3.63) is 35.4 Å². The zero-order valence-corrected chi connectivity index (χ0v) is 18.8. The first kappa shape index (κ1) is 26.5. The topological polar surface area (TPSA) is 112 Å². The van der Waals surface area contributed by atoms with Gasteiger partial charge in [-0.1, -0.05) is 45.7 Å². The third kappa shape index (κ3) is 9.42. The van der Waals surface area contributed by atoms with Crippen LogP contribution in [0.5, 0.6) is 0 Å². The number of aromatic carboxylic acids is 1. The van der Waals surface area contributed by atoms with E-state index in [1.165, 1.54) is 12.1 Å². The molecular formula is C24H35NO6. The molecule has 0 bridgehead atoms. The predicted octanol–water partition coefficient (Wildman–Crippen LogP) is 3.48. The number of carbonyl (C=O) groups excluding carboxylic acids is 3. The minimum Gasteiger partial charge on any atom is -0.478 e. The highest BCUT2D eigenvalue weighted by atomic mass is 16.4. The van der Waals surface area contributed by atoms with Crippen molar-refractivity contribution >= 4 is 23.4 Å². The first-order valence-electron chi connectivity index (χ1n) is 11.0. The number of amides is 1. The molecule has 1 atom stereocenters. The number of rotatable bonds is 15. The Balaban J connectivity index is 2.81. The summed E-state index contributed by atoms with van der Waals surface area (Å²) in [5, 5.41) is 18.2. The van der Waals surface area contributed by atoms with Gasteiger partial charge in [0.2, 0.25) is 5.91 Å². The Labute approximate surface area is 184 Å². The lowest BCUT2D eigenvalue weighted by molar-refractivity contribution is -0.138. The monoisotopic (exact) mass is 433 g/mol. The SMILES string of the molecule is CCCCCN(Cc1ccc(C(=O)O)cc1)C(=O)CCC(=O)C(CC(C)C)C(=O)CO. The van der Waals surface area contributed by atoms with Crippen molar-refractivity contribution in [2.45, 2.75) is 65.8 Å². The van der Waals surface area contributed by atoms with Crippen molar-refractivity contribution in [1.29, 1.82) is 0 Å². The Morgan fingerprint density at radius 2 is 1.61 bits per heavy atom. The van der Waals surface area contributed by atoms with Crippen LogP contribution in [0.4, 0.5) is 0 Å². The molecule has 0 aliphatic heterocycles. The van der Waals surface area contributed by atoms with Crippen molar-refractivity contribution in [2.24, 2.45) is 11.8 Å². The molecule has 0 saturated carbocycles. The molecule has 1 amide bonds. The summed E-state index contributed by atoms with van der Waals surface area (Å²) in [4.78, 5) is 50.1. The van der Waals surface area contributed by atoms with Gasteiger partial charge in [-0.15, -0.1) is 0 Å². The average Bonchev–Trinajstić information content (AvgIpc) is 2.74. The number of carboxylic acids is 1. The second-order valence-corrected chi connectivity index (χ2v) is 8.30. The molecule has 172 valence electrons. The van der Waals surface area contributed by atoms with Gasteiger partial charge < -0.3 is 15.1 Å². The van der Waals surface area contributed by atoms with Crippen LogP contribution in [0.2, 0.25) is 0 Å². The number of nitrogens with zero attached hydrogens (tertiary/aromatic N) is 1. The summed E-state index contributed by atoms with van der Waals surface area (Å²) in [5.41, 5.74) is 0.997. The number of hydrogen-bond acceptors (Lipinski definition) is 5. The fourth-order valence-electron chi connectivity index (χ4n) is 3.40. The molecule has 0 aliphatic rings. The molecule has 0 spiro atoms. The Bertz CT molecular complexity index is 741. The van der Waals surface area contributed by atoms with Gasteiger partial charge in [-0.25, -0.2) is 4.79 Å². The van der Waals surface area contributed by atoms with Crippen LogP contribution in [-0.2, 0) is 20.9 Å². The molecule has 0 fully saturated rings. The third-order valence-corrected chi connectivity index (χ3v) is 5.18. The number of ketones is 2. The van der Waals surface area contributed by atoms with Gasteiger partial charge in [-0.3, -0.25) is 14.4 Å². The Kier molecular flexibility index (Phi) is 11.7. The van der Waals surface area contributed by atoms with E-state index in [1.54, 1.807) is 17.0 Å². The maximum absolute atomic E-state index is 12.9. The highest BCUT2D eigenvalue weighted by Gasteiger charge is 2.27. The average molecular weight is 434 g/mol. The van der Waals surface area contributed by atoms with E-state index in [9.17, 15) is 19.2 Å². The second kappa shape index (κ2) is 13.7. The lowest BCUT2D eigenvalue weighted by atomic mass is 9.88. The summed E-state index contributed by atoms with van der Waals surface area (Å²) < 4.78 is 0. The van der Waals surface area contributed by atoms with E-state index in [1.807, 2.05) is 13.8 Å². The van der Waals surface area contributed by atoms with E-state index in [-0.39, 0.29) is 36.0 Å². The smallest absolute Gasteiger partial charge is 0.335 e. The van der Waals surface area contributed by atoms with Crippen molar-refractivity contribution in [3.8, 4) is 0 Å². The van der Waals surface area contributed by atoms with Crippen molar-refractivity contribution in [1.82, 2.24) is 4.90 Å². The van der Waals surface area contributed by atoms with Gasteiger partial charge in [0.1, 0.15) is 12.4 Å². The Hall–Kier alpha value is -2.54. The highest BCUT2D eigenvalue weighted by molar-refractivity contribution is 6.03. The number of carboxylic acid groups (broad SMARTS) is 1. The first-order chi connectivity index (χ1) is 14.7. The summed E-state index contributed by atoms with van der Waals surface area (Å²) in [6.07, 6.45) is 3.15. The van der Waals surface area contributed by atoms with Gasteiger partial charge in [0.05, 0.1) is 11.5 Å². The molecule has 7 nitrogen and oxygen atoms in total. The molecular weight excluding hydrogens is 398 g/mol. The molecule has 0 aliphatic carbocycles. The number of aliphatic hydroxyl groups excluding tert-OH is 1. The van der Waals surface area contributed by atoms with E-state index < -0.39 is 24.3 Å².